The number of carbonyl (C=O) groups is 3. The van der Waals surface area contributed by atoms with Crippen LogP contribution in [0.5, 0.6) is 0 Å². The Morgan fingerprint density at radius 3 is 2.00 bits per heavy atom. The Labute approximate surface area is 176 Å². The zero-order valence-electron chi connectivity index (χ0n) is 15.3. The molecule has 3 aromatic carbocycles. The maximum Gasteiger partial charge on any atom is 0.262 e. The van der Waals surface area contributed by atoms with Crippen molar-refractivity contribution in [1.82, 2.24) is 10.2 Å². The minimum Gasteiger partial charge on any atom is -0.344 e. The predicted octanol–water partition coefficient (Wildman–Crippen LogP) is 3.95. The van der Waals surface area contributed by atoms with Gasteiger partial charge in [0, 0.05) is 4.47 Å². The first-order valence-electron chi connectivity index (χ1n) is 9.10. The van der Waals surface area contributed by atoms with E-state index >= 15 is 0 Å². The molecule has 1 N–H and O–H groups in total. The van der Waals surface area contributed by atoms with Crippen molar-refractivity contribution in [2.45, 2.75) is 6.04 Å². The summed E-state index contributed by atoms with van der Waals surface area (Å²) >= 11 is 3.54. The Bertz CT molecular complexity index is 1060. The Balaban J connectivity index is 1.58. The summed E-state index contributed by atoms with van der Waals surface area (Å²) in [7, 11) is 0. The summed E-state index contributed by atoms with van der Waals surface area (Å²) in [6.45, 7) is -0.333. The molecule has 3 aromatic rings. The molecule has 0 aliphatic carbocycles. The van der Waals surface area contributed by atoms with Gasteiger partial charge >= 0.3 is 0 Å². The fourth-order valence-corrected chi connectivity index (χ4v) is 3.94. The van der Waals surface area contributed by atoms with Gasteiger partial charge in [0.15, 0.2) is 0 Å². The molecule has 0 bridgehead atoms. The predicted molar refractivity (Wildman–Crippen MR) is 112 cm³/mol. The van der Waals surface area contributed by atoms with Crippen LogP contribution in [0, 0.1) is 0 Å². The monoisotopic (exact) mass is 448 g/mol. The number of halogens is 1. The molecule has 1 aliphatic heterocycles. The molecule has 1 atom stereocenters. The van der Waals surface area contributed by atoms with E-state index in [2.05, 4.69) is 21.2 Å². The van der Waals surface area contributed by atoms with Gasteiger partial charge in [-0.25, -0.2) is 0 Å². The summed E-state index contributed by atoms with van der Waals surface area (Å²) in [5, 5.41) is 2.97. The van der Waals surface area contributed by atoms with Crippen molar-refractivity contribution in [2.24, 2.45) is 0 Å². The van der Waals surface area contributed by atoms with Crippen LogP contribution in [0.15, 0.2) is 83.3 Å². The van der Waals surface area contributed by atoms with E-state index in [1.54, 1.807) is 24.3 Å². The first kappa shape index (κ1) is 19.1. The maximum absolute atomic E-state index is 12.8. The van der Waals surface area contributed by atoms with Gasteiger partial charge in [-0.05, 0) is 29.3 Å². The SMILES string of the molecule is O=C(CN1C(=O)c2ccccc2C1=O)N[C@H](c1ccccc1)c1ccccc1Br. The fraction of sp³-hybridized carbons (Fsp3) is 0.0870. The van der Waals surface area contributed by atoms with Crippen LogP contribution in [0.1, 0.15) is 37.9 Å². The molecule has 0 spiro atoms. The molecule has 0 saturated heterocycles. The van der Waals surface area contributed by atoms with Crippen molar-refractivity contribution in [2.75, 3.05) is 6.54 Å². The van der Waals surface area contributed by atoms with Crippen molar-refractivity contribution < 1.29 is 14.4 Å². The minimum atomic E-state index is -0.446. The van der Waals surface area contributed by atoms with E-state index in [4.69, 9.17) is 0 Å². The van der Waals surface area contributed by atoms with Crippen LogP contribution in [-0.4, -0.2) is 29.2 Å². The summed E-state index contributed by atoms with van der Waals surface area (Å²) in [5.41, 5.74) is 2.44. The lowest BCUT2D eigenvalue weighted by Crippen LogP contribution is -2.41. The highest BCUT2D eigenvalue weighted by atomic mass is 79.9. The number of benzene rings is 3. The molecule has 144 valence electrons. The molecular weight excluding hydrogens is 432 g/mol. The fourth-order valence-electron chi connectivity index (χ4n) is 3.43. The number of imide groups is 1. The number of hydrogen-bond acceptors (Lipinski definition) is 3. The average Bonchev–Trinajstić information content (AvgIpc) is 2.98. The molecule has 0 aromatic heterocycles. The molecule has 0 radical (unpaired) electrons. The summed E-state index contributed by atoms with van der Waals surface area (Å²) in [4.78, 5) is 38.9. The number of carbonyl (C=O) groups excluding carboxylic acids is 3. The number of nitrogens with one attached hydrogen (secondary N) is 1. The highest BCUT2D eigenvalue weighted by Crippen LogP contribution is 2.29. The Morgan fingerprint density at radius 2 is 1.38 bits per heavy atom. The lowest BCUT2D eigenvalue weighted by atomic mass is 9.98. The quantitative estimate of drug-likeness (QED) is 0.600. The van der Waals surface area contributed by atoms with E-state index in [1.165, 1.54) is 0 Å². The van der Waals surface area contributed by atoms with Gasteiger partial charge in [0.2, 0.25) is 5.91 Å². The zero-order valence-corrected chi connectivity index (χ0v) is 16.9. The number of hydrogen-bond donors (Lipinski definition) is 1. The van der Waals surface area contributed by atoms with Crippen LogP contribution in [0.25, 0.3) is 0 Å². The number of nitrogens with zero attached hydrogens (tertiary/aromatic N) is 1. The van der Waals surface area contributed by atoms with E-state index in [1.807, 2.05) is 54.6 Å². The third-order valence-electron chi connectivity index (χ3n) is 4.83. The van der Waals surface area contributed by atoms with Crippen LogP contribution in [0.2, 0.25) is 0 Å². The molecule has 6 heteroatoms. The summed E-state index contributed by atoms with van der Waals surface area (Å²) in [6, 6.07) is 23.3. The first-order valence-corrected chi connectivity index (χ1v) is 9.89. The molecule has 29 heavy (non-hydrogen) atoms. The Kier molecular flexibility index (Phi) is 5.27. The van der Waals surface area contributed by atoms with Crippen LogP contribution in [0.3, 0.4) is 0 Å². The van der Waals surface area contributed by atoms with E-state index in [0.29, 0.717) is 11.1 Å². The standard InChI is InChI=1S/C23H17BrN2O3/c24-19-13-7-6-12-18(19)21(15-8-2-1-3-9-15)25-20(27)14-26-22(28)16-10-4-5-11-17(16)23(26)29/h1-13,21H,14H2,(H,25,27)/t21-/m1/s1. The van der Waals surface area contributed by atoms with Gasteiger partial charge in [0.25, 0.3) is 11.8 Å². The normalized spacial score (nSPS) is 13.9. The smallest absolute Gasteiger partial charge is 0.262 e. The van der Waals surface area contributed by atoms with Crippen LogP contribution < -0.4 is 5.32 Å². The Hall–Kier alpha value is -3.25. The molecule has 5 nitrogen and oxygen atoms in total. The number of rotatable bonds is 5. The van der Waals surface area contributed by atoms with Gasteiger partial charge in [0.05, 0.1) is 17.2 Å². The number of amides is 3. The van der Waals surface area contributed by atoms with Crippen LogP contribution in [0.4, 0.5) is 0 Å². The van der Waals surface area contributed by atoms with Gasteiger partial charge < -0.3 is 5.32 Å². The molecule has 0 unspecified atom stereocenters. The highest BCUT2D eigenvalue weighted by molar-refractivity contribution is 9.10. The molecule has 3 amide bonds. The third kappa shape index (κ3) is 3.71. The van der Waals surface area contributed by atoms with Crippen molar-refractivity contribution in [3.8, 4) is 0 Å². The van der Waals surface area contributed by atoms with E-state index in [9.17, 15) is 14.4 Å². The second-order valence-electron chi connectivity index (χ2n) is 6.67. The zero-order chi connectivity index (χ0) is 20.4. The number of fused-ring (bicyclic) bond motifs is 1. The van der Waals surface area contributed by atoms with Gasteiger partial charge in [-0.3, -0.25) is 19.3 Å². The van der Waals surface area contributed by atoms with Crippen molar-refractivity contribution in [3.63, 3.8) is 0 Å². The van der Waals surface area contributed by atoms with E-state index < -0.39 is 23.8 Å². The second-order valence-corrected chi connectivity index (χ2v) is 7.53. The molecular formula is C23H17BrN2O3. The summed E-state index contributed by atoms with van der Waals surface area (Å²) in [5.74, 6) is -1.31. The van der Waals surface area contributed by atoms with Crippen molar-refractivity contribution >= 4 is 33.7 Å². The molecule has 0 saturated carbocycles. The van der Waals surface area contributed by atoms with Crippen molar-refractivity contribution in [3.05, 3.63) is 106 Å². The summed E-state index contributed by atoms with van der Waals surface area (Å²) < 4.78 is 0.856. The second kappa shape index (κ2) is 8.01. The molecule has 1 aliphatic rings. The van der Waals surface area contributed by atoms with Gasteiger partial charge in [-0.15, -0.1) is 0 Å². The molecule has 1 heterocycles. The maximum atomic E-state index is 12.8. The van der Waals surface area contributed by atoms with Gasteiger partial charge in [-0.2, -0.15) is 0 Å². The van der Waals surface area contributed by atoms with E-state index in [0.717, 1.165) is 20.5 Å². The minimum absolute atomic E-state index is 0.329. The average molecular weight is 449 g/mol. The van der Waals surface area contributed by atoms with Crippen LogP contribution >= 0.6 is 15.9 Å². The molecule has 0 fully saturated rings. The Morgan fingerprint density at radius 1 is 0.828 bits per heavy atom. The lowest BCUT2D eigenvalue weighted by Gasteiger charge is -2.22. The third-order valence-corrected chi connectivity index (χ3v) is 5.56. The van der Waals surface area contributed by atoms with E-state index in [-0.39, 0.29) is 6.54 Å². The van der Waals surface area contributed by atoms with Crippen molar-refractivity contribution in [1.29, 1.82) is 0 Å². The highest BCUT2D eigenvalue weighted by Gasteiger charge is 2.36. The van der Waals surface area contributed by atoms with Gasteiger partial charge in [-0.1, -0.05) is 76.6 Å². The van der Waals surface area contributed by atoms with Gasteiger partial charge in [0.1, 0.15) is 6.54 Å². The lowest BCUT2D eigenvalue weighted by molar-refractivity contribution is -0.121. The van der Waals surface area contributed by atoms with Crippen LogP contribution in [-0.2, 0) is 4.79 Å². The largest absolute Gasteiger partial charge is 0.344 e. The molecule has 4 rings (SSSR count). The summed E-state index contributed by atoms with van der Waals surface area (Å²) in [6.07, 6.45) is 0. The first-order chi connectivity index (χ1) is 14.1. The topological polar surface area (TPSA) is 66.5 Å².